The first-order chi connectivity index (χ1) is 12.4. The monoisotopic (exact) mass is 375 g/mol. The van der Waals surface area contributed by atoms with Gasteiger partial charge in [-0.15, -0.1) is 0 Å². The van der Waals surface area contributed by atoms with E-state index in [2.05, 4.69) is 0 Å². The first-order valence-corrected chi connectivity index (χ1v) is 9.21. The average molecular weight is 376 g/mol. The van der Waals surface area contributed by atoms with Gasteiger partial charge >= 0.3 is 17.1 Å². The molecule has 0 aromatic carbocycles. The van der Waals surface area contributed by atoms with E-state index in [9.17, 15) is 14.4 Å². The molecule has 1 aromatic heterocycles. The molecule has 1 heterocycles. The quantitative estimate of drug-likeness (QED) is 0.717. The molecule has 6 heteroatoms. The van der Waals surface area contributed by atoms with E-state index in [1.807, 2.05) is 62.3 Å². The van der Waals surface area contributed by atoms with Gasteiger partial charge in [0, 0.05) is 0 Å². The van der Waals surface area contributed by atoms with Gasteiger partial charge in [-0.2, -0.15) is 0 Å². The first kappa shape index (κ1) is 22.7. The Morgan fingerprint density at radius 2 is 0.667 bits per heavy atom. The lowest BCUT2D eigenvalue weighted by molar-refractivity contribution is 0.484. The third-order valence-electron chi connectivity index (χ3n) is 5.13. The van der Waals surface area contributed by atoms with Crippen molar-refractivity contribution in [1.29, 1.82) is 0 Å². The molecule has 0 N–H and O–H groups in total. The summed E-state index contributed by atoms with van der Waals surface area (Å²) in [5.74, 6) is 0. The molecule has 0 radical (unpaired) electrons. The number of nitrogens with zero attached hydrogens (tertiary/aromatic N) is 3. The van der Waals surface area contributed by atoms with Crippen molar-refractivity contribution < 1.29 is 0 Å². The Labute approximate surface area is 161 Å². The van der Waals surface area contributed by atoms with Crippen LogP contribution in [0.1, 0.15) is 62.3 Å². The molecule has 6 nitrogen and oxygen atoms in total. The lowest BCUT2D eigenvalue weighted by Crippen LogP contribution is -2.55. The van der Waals surface area contributed by atoms with Gasteiger partial charge in [-0.25, -0.2) is 28.1 Å². The highest BCUT2D eigenvalue weighted by molar-refractivity contribution is 5.10. The lowest BCUT2D eigenvalue weighted by Gasteiger charge is -2.16. The third-order valence-corrected chi connectivity index (χ3v) is 5.13. The summed E-state index contributed by atoms with van der Waals surface area (Å²) in [6, 6.07) is 0. The van der Waals surface area contributed by atoms with Crippen LogP contribution >= 0.6 is 0 Å². The Hall–Kier alpha value is -2.37. The number of hydrogen-bond donors (Lipinski definition) is 0. The molecule has 150 valence electrons. The maximum Gasteiger partial charge on any atom is 0.336 e. The second-order valence-corrected chi connectivity index (χ2v) is 7.95. The fraction of sp³-hybridized carbons (Fsp3) is 0.571. The molecule has 1 aromatic rings. The molecular weight excluding hydrogens is 342 g/mol. The maximum absolute atomic E-state index is 13.0. The van der Waals surface area contributed by atoms with E-state index in [0.29, 0.717) is 0 Å². The fourth-order valence-electron chi connectivity index (χ4n) is 2.27. The van der Waals surface area contributed by atoms with Crippen LogP contribution in [0.4, 0.5) is 0 Å². The lowest BCUT2D eigenvalue weighted by atomic mass is 10.1. The van der Waals surface area contributed by atoms with Crippen molar-refractivity contribution >= 4 is 0 Å². The van der Waals surface area contributed by atoms with E-state index in [4.69, 9.17) is 0 Å². The van der Waals surface area contributed by atoms with Crippen molar-refractivity contribution in [2.45, 2.75) is 81.9 Å². The van der Waals surface area contributed by atoms with Crippen LogP contribution in [0.25, 0.3) is 0 Å². The van der Waals surface area contributed by atoms with Crippen LogP contribution in [0.5, 0.6) is 0 Å². The van der Waals surface area contributed by atoms with Gasteiger partial charge in [-0.05, 0) is 62.3 Å². The van der Waals surface area contributed by atoms with Gasteiger partial charge in [0.05, 0.1) is 19.6 Å². The third kappa shape index (κ3) is 5.31. The zero-order chi connectivity index (χ0) is 21.0. The van der Waals surface area contributed by atoms with Crippen LogP contribution in [0, 0.1) is 0 Å². The second-order valence-electron chi connectivity index (χ2n) is 7.95. The highest BCUT2D eigenvalue weighted by Crippen LogP contribution is 2.06. The van der Waals surface area contributed by atoms with Crippen LogP contribution < -0.4 is 17.1 Å². The van der Waals surface area contributed by atoms with Crippen molar-refractivity contribution in [3.63, 3.8) is 0 Å². The number of allylic oxidation sites excluding steroid dienone is 6. The van der Waals surface area contributed by atoms with E-state index in [1.54, 1.807) is 0 Å². The van der Waals surface area contributed by atoms with Crippen LogP contribution in [0.2, 0.25) is 0 Å². The molecule has 0 aliphatic heterocycles. The number of aromatic nitrogens is 3. The van der Waals surface area contributed by atoms with Crippen molar-refractivity contribution in [3.8, 4) is 0 Å². The van der Waals surface area contributed by atoms with E-state index >= 15 is 0 Å². The predicted octanol–water partition coefficient (Wildman–Crippen LogP) is 3.24. The smallest absolute Gasteiger partial charge is 0.247 e. The zero-order valence-electron chi connectivity index (χ0n) is 18.2. The summed E-state index contributed by atoms with van der Waals surface area (Å²) >= 11 is 0. The van der Waals surface area contributed by atoms with E-state index < -0.39 is 17.1 Å². The molecule has 0 saturated heterocycles. The molecule has 0 aliphatic carbocycles. The Morgan fingerprint density at radius 3 is 0.815 bits per heavy atom. The number of rotatable bonds is 6. The van der Waals surface area contributed by atoms with Crippen molar-refractivity contribution in [2.75, 3.05) is 0 Å². The summed E-state index contributed by atoms with van der Waals surface area (Å²) in [4.78, 5) is 38.9. The zero-order valence-corrected chi connectivity index (χ0v) is 18.2. The highest BCUT2D eigenvalue weighted by atomic mass is 16.2. The molecule has 0 aliphatic rings. The molecule has 0 bridgehead atoms. The molecule has 0 saturated carbocycles. The molecule has 0 atom stereocenters. The minimum atomic E-state index is -0.558. The summed E-state index contributed by atoms with van der Waals surface area (Å²) in [5, 5.41) is 0. The molecule has 27 heavy (non-hydrogen) atoms. The first-order valence-electron chi connectivity index (χ1n) is 9.21. The van der Waals surface area contributed by atoms with Crippen molar-refractivity contribution in [3.05, 3.63) is 64.9 Å². The minimum absolute atomic E-state index is 0.183. The van der Waals surface area contributed by atoms with Gasteiger partial charge in [0.15, 0.2) is 0 Å². The highest BCUT2D eigenvalue weighted by Gasteiger charge is 2.17. The van der Waals surface area contributed by atoms with Gasteiger partial charge in [0.1, 0.15) is 0 Å². The van der Waals surface area contributed by atoms with Crippen LogP contribution in [-0.4, -0.2) is 13.7 Å². The van der Waals surface area contributed by atoms with Gasteiger partial charge < -0.3 is 0 Å². The topological polar surface area (TPSA) is 66.0 Å². The summed E-state index contributed by atoms with van der Waals surface area (Å²) in [7, 11) is 0. The standard InChI is InChI=1S/C21H33N3O3/c1-13(2)16(7)10-22-19(25)23(11-17(8)14(3)4)21(27)24(20(22)26)12-18(9)15(5)6/h10-12H2,1-9H3. The van der Waals surface area contributed by atoms with E-state index in [1.165, 1.54) is 13.7 Å². The molecule has 0 fully saturated rings. The molecule has 0 unspecified atom stereocenters. The van der Waals surface area contributed by atoms with E-state index in [-0.39, 0.29) is 19.6 Å². The predicted molar refractivity (Wildman–Crippen MR) is 111 cm³/mol. The van der Waals surface area contributed by atoms with Crippen molar-refractivity contribution in [1.82, 2.24) is 13.7 Å². The molecular formula is C21H33N3O3. The van der Waals surface area contributed by atoms with E-state index in [0.717, 1.165) is 33.4 Å². The van der Waals surface area contributed by atoms with Gasteiger partial charge in [0.2, 0.25) is 0 Å². The summed E-state index contributed by atoms with van der Waals surface area (Å²) in [5.41, 5.74) is 4.27. The fourth-order valence-corrected chi connectivity index (χ4v) is 2.27. The normalized spacial score (nSPS) is 10.6. The Balaban J connectivity index is 3.84. The van der Waals surface area contributed by atoms with Gasteiger partial charge in [0.25, 0.3) is 0 Å². The average Bonchev–Trinajstić information content (AvgIpc) is 2.58. The largest absolute Gasteiger partial charge is 0.336 e. The summed E-state index contributed by atoms with van der Waals surface area (Å²) in [6.45, 7) is 17.9. The van der Waals surface area contributed by atoms with Crippen LogP contribution in [0.3, 0.4) is 0 Å². The van der Waals surface area contributed by atoms with Crippen LogP contribution in [0.15, 0.2) is 47.8 Å². The summed E-state index contributed by atoms with van der Waals surface area (Å²) < 4.78 is 3.50. The van der Waals surface area contributed by atoms with Crippen molar-refractivity contribution in [2.24, 2.45) is 0 Å². The van der Waals surface area contributed by atoms with Gasteiger partial charge in [-0.3, -0.25) is 0 Å². The van der Waals surface area contributed by atoms with Gasteiger partial charge in [-0.1, -0.05) is 33.4 Å². The molecule has 0 amide bonds. The number of hydrogen-bond acceptors (Lipinski definition) is 3. The maximum atomic E-state index is 13.0. The molecule has 1 rings (SSSR count). The Morgan fingerprint density at radius 1 is 0.481 bits per heavy atom. The Kier molecular flexibility index (Phi) is 7.57. The second kappa shape index (κ2) is 9.02. The Bertz CT molecular complexity index is 824. The minimum Gasteiger partial charge on any atom is -0.247 e. The van der Waals surface area contributed by atoms with Crippen LogP contribution in [-0.2, 0) is 19.6 Å². The molecule has 0 spiro atoms. The summed E-state index contributed by atoms with van der Waals surface area (Å²) in [6.07, 6.45) is 0. The SMILES string of the molecule is CC(C)=C(C)Cn1c(=O)n(CC(C)=C(C)C)c(=O)n(CC(C)=C(C)C)c1=O.